The number of Topliss-reactive ketones (excluding diaryl/α,β-unsaturated/α-hetero) is 1. The Balaban J connectivity index is 2.07. The average Bonchev–Trinajstić information content (AvgIpc) is 2.91. The number of unbranched alkanes of at least 4 members (excludes halogenated alkanes) is 9. The third-order valence-electron chi connectivity index (χ3n) is 7.64. The second-order valence-corrected chi connectivity index (χ2v) is 13.3. The van der Waals surface area contributed by atoms with Gasteiger partial charge in [-0.3, -0.25) is 14.4 Å². The van der Waals surface area contributed by atoms with Gasteiger partial charge >= 0.3 is 0 Å². The number of aryl methyl sites for hydroxylation is 3. The van der Waals surface area contributed by atoms with E-state index in [-0.39, 0.29) is 18.1 Å². The van der Waals surface area contributed by atoms with E-state index in [9.17, 15) is 14.4 Å². The molecule has 0 saturated carbocycles. The molecule has 0 spiro atoms. The van der Waals surface area contributed by atoms with Crippen molar-refractivity contribution >= 4 is 40.6 Å². The van der Waals surface area contributed by atoms with Crippen LogP contribution >= 0.6 is 11.6 Å². The molecule has 0 aromatic heterocycles. The quantitative estimate of drug-likeness (QED) is 0.130. The number of anilines is 2. The van der Waals surface area contributed by atoms with Gasteiger partial charge in [0.25, 0.3) is 5.91 Å². The average molecular weight is 613 g/mol. The molecule has 0 heterocycles. The van der Waals surface area contributed by atoms with E-state index in [1.54, 1.807) is 39.0 Å². The molecule has 1 atom stereocenters. The van der Waals surface area contributed by atoms with Gasteiger partial charge in [-0.2, -0.15) is 0 Å². The van der Waals surface area contributed by atoms with Gasteiger partial charge in [-0.1, -0.05) is 115 Å². The van der Waals surface area contributed by atoms with Crippen LogP contribution in [0.3, 0.4) is 0 Å². The van der Waals surface area contributed by atoms with Gasteiger partial charge in [-0.05, 0) is 62.9 Å². The zero-order chi connectivity index (χ0) is 32.0. The number of amides is 2. The number of nitrogens with one attached hydrogen (secondary N) is 2. The van der Waals surface area contributed by atoms with Crippen LogP contribution in [0.4, 0.5) is 11.4 Å². The van der Waals surface area contributed by atoms with Crippen molar-refractivity contribution in [3.05, 3.63) is 52.0 Å². The number of hydrogen-bond donors (Lipinski definition) is 2. The van der Waals surface area contributed by atoms with Crippen LogP contribution in [-0.4, -0.2) is 23.7 Å². The van der Waals surface area contributed by atoms with Crippen LogP contribution in [0.1, 0.15) is 121 Å². The monoisotopic (exact) mass is 612 g/mol. The maximum atomic E-state index is 13.6. The Kier molecular flexibility index (Phi) is 15.3. The smallest absolute Gasteiger partial charge is 0.265 e. The lowest BCUT2D eigenvalue weighted by molar-refractivity contribution is -0.130. The van der Waals surface area contributed by atoms with Crippen LogP contribution in [0.5, 0.6) is 5.75 Å². The Morgan fingerprint density at radius 2 is 1.37 bits per heavy atom. The van der Waals surface area contributed by atoms with E-state index in [2.05, 4.69) is 29.7 Å². The van der Waals surface area contributed by atoms with Crippen LogP contribution in [0.25, 0.3) is 0 Å². The Bertz CT molecular complexity index is 1200. The van der Waals surface area contributed by atoms with Crippen molar-refractivity contribution in [2.24, 2.45) is 5.41 Å². The van der Waals surface area contributed by atoms with Crippen molar-refractivity contribution in [3.63, 3.8) is 0 Å². The Labute approximate surface area is 264 Å². The number of ketones is 1. The van der Waals surface area contributed by atoms with E-state index in [0.29, 0.717) is 22.8 Å². The van der Waals surface area contributed by atoms with Crippen LogP contribution in [0.2, 0.25) is 5.02 Å². The first-order valence-electron chi connectivity index (χ1n) is 16.0. The molecule has 238 valence electrons. The zero-order valence-corrected chi connectivity index (χ0v) is 28.2. The highest BCUT2D eigenvalue weighted by Crippen LogP contribution is 2.29. The predicted octanol–water partition coefficient (Wildman–Crippen LogP) is 9.91. The van der Waals surface area contributed by atoms with Crippen molar-refractivity contribution in [3.8, 4) is 5.75 Å². The molecule has 0 radical (unpaired) electrons. The van der Waals surface area contributed by atoms with E-state index < -0.39 is 17.4 Å². The molecule has 1 unspecified atom stereocenters. The summed E-state index contributed by atoms with van der Waals surface area (Å²) in [6, 6.07) is 9.05. The van der Waals surface area contributed by atoms with E-state index in [1.807, 2.05) is 20.8 Å². The summed E-state index contributed by atoms with van der Waals surface area (Å²) in [5.41, 5.74) is 3.36. The Morgan fingerprint density at radius 3 is 1.93 bits per heavy atom. The van der Waals surface area contributed by atoms with E-state index in [0.717, 1.165) is 41.7 Å². The minimum absolute atomic E-state index is 0.167. The van der Waals surface area contributed by atoms with Gasteiger partial charge in [0.15, 0.2) is 6.10 Å². The number of benzene rings is 2. The molecule has 43 heavy (non-hydrogen) atoms. The fourth-order valence-electron chi connectivity index (χ4n) is 5.08. The number of rotatable bonds is 18. The first-order chi connectivity index (χ1) is 20.3. The molecule has 2 amide bonds. The van der Waals surface area contributed by atoms with E-state index in [1.165, 1.54) is 44.9 Å². The summed E-state index contributed by atoms with van der Waals surface area (Å²) in [5.74, 6) is -0.125. The standard InChI is InChI=1S/C36H53ClN2O4/c1-8-9-10-11-12-13-14-15-16-17-18-31(43-34-26(3)21-25(2)22-27(34)4)35(42)38-28-19-20-29(37)30(23-28)39-33(41)24-32(40)36(5,6)7/h19-23,31H,8-18,24H2,1-7H3,(H,38,42)(H,39,41). The van der Waals surface area contributed by atoms with Crippen molar-refractivity contribution < 1.29 is 19.1 Å². The summed E-state index contributed by atoms with van der Waals surface area (Å²) in [5, 5.41) is 6.00. The number of ether oxygens (including phenoxy) is 1. The van der Waals surface area contributed by atoms with E-state index in [4.69, 9.17) is 16.3 Å². The summed E-state index contributed by atoms with van der Waals surface area (Å²) in [7, 11) is 0. The molecule has 0 aliphatic heterocycles. The van der Waals surface area contributed by atoms with Crippen molar-refractivity contribution in [1.82, 2.24) is 0 Å². The molecular formula is C36H53ClN2O4. The van der Waals surface area contributed by atoms with Crippen LogP contribution in [0, 0.1) is 26.2 Å². The zero-order valence-electron chi connectivity index (χ0n) is 27.5. The van der Waals surface area contributed by atoms with Gasteiger partial charge < -0.3 is 15.4 Å². The first-order valence-corrected chi connectivity index (χ1v) is 16.4. The predicted molar refractivity (Wildman–Crippen MR) is 179 cm³/mol. The lowest BCUT2D eigenvalue weighted by Gasteiger charge is -2.22. The highest BCUT2D eigenvalue weighted by atomic mass is 35.5. The molecular weight excluding hydrogens is 560 g/mol. The molecule has 0 fully saturated rings. The maximum Gasteiger partial charge on any atom is 0.265 e. The molecule has 2 aromatic rings. The second kappa shape index (κ2) is 18.1. The van der Waals surface area contributed by atoms with Gasteiger partial charge in [0.1, 0.15) is 11.5 Å². The second-order valence-electron chi connectivity index (χ2n) is 12.9. The number of hydrogen-bond acceptors (Lipinski definition) is 4. The summed E-state index contributed by atoms with van der Waals surface area (Å²) in [6.45, 7) is 13.6. The summed E-state index contributed by atoms with van der Waals surface area (Å²) in [4.78, 5) is 38.4. The number of carbonyl (C=O) groups excluding carboxylic acids is 3. The SMILES string of the molecule is CCCCCCCCCCCCC(Oc1c(C)cc(C)cc1C)C(=O)Nc1ccc(Cl)c(NC(=O)CC(=O)C(C)(C)C)c1. The van der Waals surface area contributed by atoms with Crippen LogP contribution in [0.15, 0.2) is 30.3 Å². The summed E-state index contributed by atoms with van der Waals surface area (Å²) in [6.07, 6.45) is 11.8. The van der Waals surface area contributed by atoms with Gasteiger partial charge in [0.05, 0.1) is 17.1 Å². The fraction of sp³-hybridized carbons (Fsp3) is 0.583. The van der Waals surface area contributed by atoms with Crippen molar-refractivity contribution in [2.45, 2.75) is 132 Å². The lowest BCUT2D eigenvalue weighted by Crippen LogP contribution is -2.33. The van der Waals surface area contributed by atoms with Gasteiger partial charge in [-0.15, -0.1) is 0 Å². The molecule has 2 rings (SSSR count). The third-order valence-corrected chi connectivity index (χ3v) is 7.97. The Hall–Kier alpha value is -2.86. The van der Waals surface area contributed by atoms with Crippen molar-refractivity contribution in [1.29, 1.82) is 0 Å². The molecule has 2 aromatic carbocycles. The van der Waals surface area contributed by atoms with Crippen molar-refractivity contribution in [2.75, 3.05) is 10.6 Å². The summed E-state index contributed by atoms with van der Waals surface area (Å²) < 4.78 is 6.40. The minimum Gasteiger partial charge on any atom is -0.480 e. The highest BCUT2D eigenvalue weighted by molar-refractivity contribution is 6.34. The molecule has 7 heteroatoms. The largest absolute Gasteiger partial charge is 0.480 e. The topological polar surface area (TPSA) is 84.5 Å². The Morgan fingerprint density at radius 1 is 0.814 bits per heavy atom. The van der Waals surface area contributed by atoms with Gasteiger partial charge in [0, 0.05) is 11.1 Å². The molecule has 0 bridgehead atoms. The molecule has 0 aliphatic carbocycles. The molecule has 0 aliphatic rings. The molecule has 6 nitrogen and oxygen atoms in total. The van der Waals surface area contributed by atoms with Gasteiger partial charge in [-0.25, -0.2) is 0 Å². The summed E-state index contributed by atoms with van der Waals surface area (Å²) >= 11 is 6.34. The lowest BCUT2D eigenvalue weighted by atomic mass is 9.89. The molecule has 0 saturated heterocycles. The number of carbonyl (C=O) groups is 3. The van der Waals surface area contributed by atoms with E-state index >= 15 is 0 Å². The number of halogens is 1. The maximum absolute atomic E-state index is 13.6. The normalized spacial score (nSPS) is 12.1. The first kappa shape index (κ1) is 36.3. The molecule has 2 N–H and O–H groups in total. The third kappa shape index (κ3) is 13.1. The van der Waals surface area contributed by atoms with Crippen LogP contribution < -0.4 is 15.4 Å². The fourth-order valence-corrected chi connectivity index (χ4v) is 5.25. The van der Waals surface area contributed by atoms with Gasteiger partial charge in [0.2, 0.25) is 5.91 Å². The van der Waals surface area contributed by atoms with Crippen LogP contribution in [-0.2, 0) is 14.4 Å². The highest BCUT2D eigenvalue weighted by Gasteiger charge is 2.25. The minimum atomic E-state index is -0.674.